The Bertz CT molecular complexity index is 395. The predicted octanol–water partition coefficient (Wildman–Crippen LogP) is 2.37. The highest BCUT2D eigenvalue weighted by Gasteiger charge is 2.19. The van der Waals surface area contributed by atoms with E-state index >= 15 is 0 Å². The topological polar surface area (TPSA) is 49.3 Å². The molecule has 0 spiro atoms. The minimum Gasteiger partial charge on any atom is -0.508 e. The van der Waals surface area contributed by atoms with Gasteiger partial charge in [0.25, 0.3) is 5.91 Å². The second-order valence-electron chi connectivity index (χ2n) is 4.40. The summed E-state index contributed by atoms with van der Waals surface area (Å²) in [6, 6.07) is 5.36. The van der Waals surface area contributed by atoms with Crippen LogP contribution >= 0.6 is 0 Å². The summed E-state index contributed by atoms with van der Waals surface area (Å²) in [6.45, 7) is 1.76. The maximum Gasteiger partial charge on any atom is 0.251 e. The Morgan fingerprint density at radius 2 is 2.06 bits per heavy atom. The van der Waals surface area contributed by atoms with Gasteiger partial charge in [-0.1, -0.05) is 18.9 Å². The summed E-state index contributed by atoms with van der Waals surface area (Å²) in [4.78, 5) is 12.0. The Labute approximate surface area is 95.5 Å². The molecule has 3 nitrogen and oxygen atoms in total. The van der Waals surface area contributed by atoms with Crippen molar-refractivity contribution < 1.29 is 9.90 Å². The third kappa shape index (κ3) is 2.18. The summed E-state index contributed by atoms with van der Waals surface area (Å²) in [5.74, 6) is 0.111. The summed E-state index contributed by atoms with van der Waals surface area (Å²) in [7, 11) is 0. The standard InChI is InChI=1S/C13H17NO2/c1-9-11(7-4-8-12(9)15)13(16)14-10-5-2-3-6-10/h4,7-8,10,15H,2-3,5-6H2,1H3,(H,14,16). The fourth-order valence-corrected chi connectivity index (χ4v) is 2.20. The highest BCUT2D eigenvalue weighted by molar-refractivity contribution is 5.96. The van der Waals surface area contributed by atoms with E-state index in [9.17, 15) is 9.90 Å². The van der Waals surface area contributed by atoms with Crippen molar-refractivity contribution in [2.45, 2.75) is 38.6 Å². The second-order valence-corrected chi connectivity index (χ2v) is 4.40. The lowest BCUT2D eigenvalue weighted by Crippen LogP contribution is -2.32. The Kier molecular flexibility index (Phi) is 3.13. The molecular formula is C13H17NO2. The molecule has 1 amide bonds. The van der Waals surface area contributed by atoms with Crippen LogP contribution in [0, 0.1) is 6.92 Å². The largest absolute Gasteiger partial charge is 0.508 e. The lowest BCUT2D eigenvalue weighted by Gasteiger charge is -2.13. The zero-order valence-electron chi connectivity index (χ0n) is 9.49. The molecule has 0 bridgehead atoms. The van der Waals surface area contributed by atoms with E-state index in [1.807, 2.05) is 0 Å². The van der Waals surface area contributed by atoms with E-state index in [0.717, 1.165) is 12.8 Å². The van der Waals surface area contributed by atoms with Gasteiger partial charge in [0.2, 0.25) is 0 Å². The van der Waals surface area contributed by atoms with Crippen LogP contribution in [0.2, 0.25) is 0 Å². The number of hydrogen-bond donors (Lipinski definition) is 2. The molecule has 0 unspecified atom stereocenters. The van der Waals surface area contributed by atoms with Gasteiger partial charge in [-0.05, 0) is 31.9 Å². The van der Waals surface area contributed by atoms with Crippen molar-refractivity contribution >= 4 is 5.91 Å². The number of benzene rings is 1. The number of nitrogens with one attached hydrogen (secondary N) is 1. The van der Waals surface area contributed by atoms with Crippen LogP contribution in [0.4, 0.5) is 0 Å². The SMILES string of the molecule is Cc1c(O)cccc1C(=O)NC1CCCC1. The first-order valence-electron chi connectivity index (χ1n) is 5.78. The monoisotopic (exact) mass is 219 g/mol. The number of aromatic hydroxyl groups is 1. The fourth-order valence-electron chi connectivity index (χ4n) is 2.20. The maximum atomic E-state index is 12.0. The number of hydrogen-bond acceptors (Lipinski definition) is 2. The molecule has 0 heterocycles. The summed E-state index contributed by atoms with van der Waals surface area (Å²) in [6.07, 6.45) is 4.54. The molecule has 1 aromatic rings. The minimum atomic E-state index is -0.0692. The Morgan fingerprint density at radius 3 is 2.75 bits per heavy atom. The number of carbonyl (C=O) groups excluding carboxylic acids is 1. The minimum absolute atomic E-state index is 0.0692. The van der Waals surface area contributed by atoms with Crippen LogP contribution < -0.4 is 5.32 Å². The van der Waals surface area contributed by atoms with Crippen LogP contribution in [0.5, 0.6) is 5.75 Å². The van der Waals surface area contributed by atoms with Crippen LogP contribution in [0.15, 0.2) is 18.2 Å². The Morgan fingerprint density at radius 1 is 1.38 bits per heavy atom. The van der Waals surface area contributed by atoms with Gasteiger partial charge in [-0.15, -0.1) is 0 Å². The average Bonchev–Trinajstić information content (AvgIpc) is 2.74. The van der Waals surface area contributed by atoms with Gasteiger partial charge in [-0.25, -0.2) is 0 Å². The fraction of sp³-hybridized carbons (Fsp3) is 0.462. The predicted molar refractivity (Wildman–Crippen MR) is 62.6 cm³/mol. The van der Waals surface area contributed by atoms with Crippen molar-refractivity contribution in [3.8, 4) is 5.75 Å². The molecule has 0 aliphatic heterocycles. The van der Waals surface area contributed by atoms with E-state index in [1.54, 1.807) is 25.1 Å². The summed E-state index contributed by atoms with van der Waals surface area (Å²) >= 11 is 0. The summed E-state index contributed by atoms with van der Waals surface area (Å²) in [5.41, 5.74) is 1.23. The molecule has 86 valence electrons. The van der Waals surface area contributed by atoms with Gasteiger partial charge in [-0.2, -0.15) is 0 Å². The van der Waals surface area contributed by atoms with Gasteiger partial charge in [0, 0.05) is 17.2 Å². The van der Waals surface area contributed by atoms with Gasteiger partial charge in [0.1, 0.15) is 5.75 Å². The first-order valence-corrected chi connectivity index (χ1v) is 5.78. The molecule has 2 rings (SSSR count). The van der Waals surface area contributed by atoms with Crippen LogP contribution in [0.1, 0.15) is 41.6 Å². The van der Waals surface area contributed by atoms with E-state index in [1.165, 1.54) is 12.8 Å². The molecule has 0 saturated heterocycles. The molecule has 1 aromatic carbocycles. The lowest BCUT2D eigenvalue weighted by atomic mass is 10.1. The lowest BCUT2D eigenvalue weighted by molar-refractivity contribution is 0.0937. The molecule has 0 radical (unpaired) electrons. The van der Waals surface area contributed by atoms with E-state index in [4.69, 9.17) is 0 Å². The van der Waals surface area contributed by atoms with Gasteiger partial charge in [0.05, 0.1) is 0 Å². The molecule has 1 aliphatic rings. The highest BCUT2D eigenvalue weighted by atomic mass is 16.3. The number of phenols is 1. The third-order valence-corrected chi connectivity index (χ3v) is 3.24. The van der Waals surface area contributed by atoms with Gasteiger partial charge in [-0.3, -0.25) is 4.79 Å². The zero-order valence-corrected chi connectivity index (χ0v) is 9.49. The van der Waals surface area contributed by atoms with E-state index < -0.39 is 0 Å². The van der Waals surface area contributed by atoms with E-state index in [2.05, 4.69) is 5.32 Å². The molecule has 0 aromatic heterocycles. The molecule has 1 saturated carbocycles. The molecule has 3 heteroatoms. The summed E-state index contributed by atoms with van der Waals surface area (Å²) in [5, 5.41) is 12.5. The van der Waals surface area contributed by atoms with Crippen molar-refractivity contribution in [2.75, 3.05) is 0 Å². The molecular weight excluding hydrogens is 202 g/mol. The molecule has 1 aliphatic carbocycles. The van der Waals surface area contributed by atoms with Crippen molar-refractivity contribution in [3.63, 3.8) is 0 Å². The molecule has 1 fully saturated rings. The molecule has 16 heavy (non-hydrogen) atoms. The Hall–Kier alpha value is -1.51. The molecule has 0 atom stereocenters. The van der Waals surface area contributed by atoms with E-state index in [0.29, 0.717) is 17.2 Å². The van der Waals surface area contributed by atoms with Crippen LogP contribution in [0.25, 0.3) is 0 Å². The van der Waals surface area contributed by atoms with Crippen LogP contribution in [-0.2, 0) is 0 Å². The first kappa shape index (κ1) is 11.0. The second kappa shape index (κ2) is 4.56. The maximum absolute atomic E-state index is 12.0. The van der Waals surface area contributed by atoms with Crippen molar-refractivity contribution in [2.24, 2.45) is 0 Å². The number of phenolic OH excluding ortho intramolecular Hbond substituents is 1. The van der Waals surface area contributed by atoms with Gasteiger partial charge in [0.15, 0.2) is 0 Å². The third-order valence-electron chi connectivity index (χ3n) is 3.24. The molecule has 2 N–H and O–H groups in total. The van der Waals surface area contributed by atoms with Gasteiger partial charge >= 0.3 is 0 Å². The Balaban J connectivity index is 2.11. The zero-order chi connectivity index (χ0) is 11.5. The van der Waals surface area contributed by atoms with Gasteiger partial charge < -0.3 is 10.4 Å². The van der Waals surface area contributed by atoms with Crippen LogP contribution in [-0.4, -0.2) is 17.1 Å². The van der Waals surface area contributed by atoms with Crippen molar-refractivity contribution in [1.82, 2.24) is 5.32 Å². The van der Waals surface area contributed by atoms with Crippen LogP contribution in [0.3, 0.4) is 0 Å². The highest BCUT2D eigenvalue weighted by Crippen LogP contribution is 2.21. The number of amides is 1. The average molecular weight is 219 g/mol. The smallest absolute Gasteiger partial charge is 0.251 e. The summed E-state index contributed by atoms with van der Waals surface area (Å²) < 4.78 is 0. The van der Waals surface area contributed by atoms with E-state index in [-0.39, 0.29) is 11.7 Å². The first-order chi connectivity index (χ1) is 7.68. The van der Waals surface area contributed by atoms with Crippen molar-refractivity contribution in [3.05, 3.63) is 29.3 Å². The quantitative estimate of drug-likeness (QED) is 0.802. The number of carbonyl (C=O) groups is 1. The normalized spacial score (nSPS) is 16.3. The van der Waals surface area contributed by atoms with Crippen molar-refractivity contribution in [1.29, 1.82) is 0 Å². The number of rotatable bonds is 2.